The Labute approximate surface area is 178 Å². The summed E-state index contributed by atoms with van der Waals surface area (Å²) in [5.41, 5.74) is 4.19. The number of carbonyl (C=O) groups is 1. The molecule has 1 saturated carbocycles. The number of rotatable bonds is 3. The molecule has 1 aromatic heterocycles. The molecule has 0 atom stereocenters. The van der Waals surface area contributed by atoms with Gasteiger partial charge in [-0.25, -0.2) is 0 Å². The third kappa shape index (κ3) is 3.58. The van der Waals surface area contributed by atoms with Crippen molar-refractivity contribution in [2.45, 2.75) is 57.0 Å². The number of benzene rings is 2. The number of nitrogens with zero attached hydrogens (tertiary/aromatic N) is 1. The molecule has 3 nitrogen and oxygen atoms in total. The van der Waals surface area contributed by atoms with E-state index in [-0.39, 0.29) is 5.92 Å². The van der Waals surface area contributed by atoms with Crippen LogP contribution in [-0.2, 0) is 19.0 Å². The van der Waals surface area contributed by atoms with Gasteiger partial charge in [0, 0.05) is 22.3 Å². The zero-order valence-corrected chi connectivity index (χ0v) is 17.0. The van der Waals surface area contributed by atoms with Crippen molar-refractivity contribution in [3.05, 3.63) is 64.2 Å². The van der Waals surface area contributed by atoms with Gasteiger partial charge in [-0.15, -0.1) is 0 Å². The second-order valence-corrected chi connectivity index (χ2v) is 8.51. The van der Waals surface area contributed by atoms with Gasteiger partial charge in [0.25, 0.3) is 0 Å². The maximum atomic E-state index is 14.0. The number of halogens is 3. The summed E-state index contributed by atoms with van der Waals surface area (Å²) >= 11 is 0. The molecule has 0 N–H and O–H groups in total. The predicted octanol–water partition coefficient (Wildman–Crippen LogP) is 6.99. The molecule has 0 radical (unpaired) electrons. The zero-order valence-electron chi connectivity index (χ0n) is 17.0. The van der Waals surface area contributed by atoms with E-state index in [9.17, 15) is 18.0 Å². The van der Waals surface area contributed by atoms with Crippen LogP contribution in [0.4, 0.5) is 13.2 Å². The summed E-state index contributed by atoms with van der Waals surface area (Å²) in [5, 5.41) is 4.19. The minimum absolute atomic E-state index is 0.0399. The quantitative estimate of drug-likeness (QED) is 0.425. The van der Waals surface area contributed by atoms with Crippen LogP contribution < -0.4 is 0 Å². The molecule has 3 aromatic rings. The van der Waals surface area contributed by atoms with Crippen molar-refractivity contribution in [1.82, 2.24) is 5.16 Å². The van der Waals surface area contributed by atoms with Gasteiger partial charge in [-0.05, 0) is 54.9 Å². The highest BCUT2D eigenvalue weighted by Gasteiger charge is 2.36. The van der Waals surface area contributed by atoms with Crippen LogP contribution in [0.1, 0.15) is 70.6 Å². The van der Waals surface area contributed by atoms with Gasteiger partial charge in [0.2, 0.25) is 0 Å². The molecule has 0 amide bonds. The Morgan fingerprint density at radius 1 is 1.00 bits per heavy atom. The maximum Gasteiger partial charge on any atom is 0.416 e. The molecule has 31 heavy (non-hydrogen) atoms. The maximum absolute atomic E-state index is 14.0. The average molecular weight is 425 g/mol. The van der Waals surface area contributed by atoms with E-state index in [1.54, 1.807) is 18.2 Å². The third-order valence-electron chi connectivity index (χ3n) is 6.62. The van der Waals surface area contributed by atoms with E-state index in [1.165, 1.54) is 6.07 Å². The summed E-state index contributed by atoms with van der Waals surface area (Å²) in [6.45, 7) is 0. The number of hydrogen-bond acceptors (Lipinski definition) is 3. The highest BCUT2D eigenvalue weighted by atomic mass is 19.4. The van der Waals surface area contributed by atoms with Gasteiger partial charge < -0.3 is 4.52 Å². The van der Waals surface area contributed by atoms with Crippen molar-refractivity contribution < 1.29 is 22.5 Å². The zero-order chi connectivity index (χ0) is 21.6. The Kier molecular flexibility index (Phi) is 4.95. The lowest BCUT2D eigenvalue weighted by Gasteiger charge is -2.25. The fourth-order valence-corrected chi connectivity index (χ4v) is 5.08. The number of hydrogen-bond donors (Lipinski definition) is 0. The van der Waals surface area contributed by atoms with Crippen LogP contribution in [0.25, 0.3) is 22.6 Å². The van der Waals surface area contributed by atoms with E-state index >= 15 is 0 Å². The Morgan fingerprint density at radius 2 is 1.81 bits per heavy atom. The molecule has 5 rings (SSSR count). The fraction of sp³-hybridized carbons (Fsp3) is 0.360. The van der Waals surface area contributed by atoms with E-state index in [4.69, 9.17) is 4.52 Å². The van der Waals surface area contributed by atoms with E-state index in [0.717, 1.165) is 55.1 Å². The van der Waals surface area contributed by atoms with E-state index < -0.39 is 11.7 Å². The summed E-state index contributed by atoms with van der Waals surface area (Å²) < 4.78 is 47.5. The Balaban J connectivity index is 1.57. The van der Waals surface area contributed by atoms with Crippen LogP contribution in [0.2, 0.25) is 0 Å². The average Bonchev–Trinajstić information content (AvgIpc) is 3.23. The SMILES string of the molecule is O=Cc1ccc2c(c1)CCc1c-2noc1-c1ccc(C2CCCCC2)c(C(F)(F)F)c1. The van der Waals surface area contributed by atoms with Crippen molar-refractivity contribution in [3.63, 3.8) is 0 Å². The normalized spacial score (nSPS) is 16.6. The molecule has 0 saturated heterocycles. The number of alkyl halides is 3. The van der Waals surface area contributed by atoms with Gasteiger partial charge in [-0.2, -0.15) is 13.2 Å². The van der Waals surface area contributed by atoms with Crippen LogP contribution in [-0.4, -0.2) is 11.4 Å². The predicted molar refractivity (Wildman–Crippen MR) is 111 cm³/mol. The van der Waals surface area contributed by atoms with Crippen molar-refractivity contribution in [1.29, 1.82) is 0 Å². The van der Waals surface area contributed by atoms with Crippen molar-refractivity contribution in [3.8, 4) is 22.6 Å². The van der Waals surface area contributed by atoms with Crippen LogP contribution in [0.5, 0.6) is 0 Å². The topological polar surface area (TPSA) is 43.1 Å². The summed E-state index contributed by atoms with van der Waals surface area (Å²) in [6, 6.07) is 9.99. The Hall–Kier alpha value is -2.89. The molecule has 1 fully saturated rings. The van der Waals surface area contributed by atoms with Crippen molar-refractivity contribution >= 4 is 6.29 Å². The molecule has 2 aliphatic carbocycles. The number of carbonyl (C=O) groups excluding carboxylic acids is 1. The van der Waals surface area contributed by atoms with Gasteiger partial charge in [0.15, 0.2) is 5.76 Å². The first kappa shape index (κ1) is 20.0. The van der Waals surface area contributed by atoms with E-state index in [2.05, 4.69) is 5.16 Å². The van der Waals surface area contributed by atoms with E-state index in [1.807, 2.05) is 12.1 Å². The fourth-order valence-electron chi connectivity index (χ4n) is 5.08. The van der Waals surface area contributed by atoms with Gasteiger partial charge >= 0.3 is 6.18 Å². The van der Waals surface area contributed by atoms with Crippen LogP contribution in [0.3, 0.4) is 0 Å². The summed E-state index contributed by atoms with van der Waals surface area (Å²) in [7, 11) is 0. The van der Waals surface area contributed by atoms with Crippen LogP contribution in [0.15, 0.2) is 40.9 Å². The molecular weight excluding hydrogens is 403 g/mol. The lowest BCUT2D eigenvalue weighted by Crippen LogP contribution is -2.14. The molecule has 0 aliphatic heterocycles. The first-order valence-electron chi connectivity index (χ1n) is 10.7. The minimum atomic E-state index is -4.42. The lowest BCUT2D eigenvalue weighted by atomic mass is 9.81. The van der Waals surface area contributed by atoms with Gasteiger partial charge in [-0.1, -0.05) is 48.7 Å². The van der Waals surface area contributed by atoms with Crippen LogP contribution >= 0.6 is 0 Å². The molecule has 6 heteroatoms. The summed E-state index contributed by atoms with van der Waals surface area (Å²) in [6.07, 6.45) is 2.33. The highest BCUT2D eigenvalue weighted by molar-refractivity contribution is 5.81. The molecule has 2 aromatic carbocycles. The second-order valence-electron chi connectivity index (χ2n) is 8.51. The minimum Gasteiger partial charge on any atom is -0.355 e. The molecule has 2 aliphatic rings. The van der Waals surface area contributed by atoms with Gasteiger partial charge in [0.05, 0.1) is 5.56 Å². The van der Waals surface area contributed by atoms with Crippen molar-refractivity contribution in [2.75, 3.05) is 0 Å². The molecule has 160 valence electrons. The van der Waals surface area contributed by atoms with Gasteiger partial charge in [0.1, 0.15) is 12.0 Å². The molecule has 0 spiro atoms. The molecular formula is C25H22F3NO2. The largest absolute Gasteiger partial charge is 0.416 e. The van der Waals surface area contributed by atoms with Crippen molar-refractivity contribution in [2.24, 2.45) is 0 Å². The summed E-state index contributed by atoms with van der Waals surface area (Å²) in [5.74, 6) is 0.364. The molecule has 0 unspecified atom stereocenters. The number of aryl methyl sites for hydroxylation is 1. The lowest BCUT2D eigenvalue weighted by molar-refractivity contribution is -0.138. The summed E-state index contributed by atoms with van der Waals surface area (Å²) in [4.78, 5) is 11.1. The number of fused-ring (bicyclic) bond motifs is 3. The van der Waals surface area contributed by atoms with Crippen LogP contribution in [0, 0.1) is 0 Å². The standard InChI is InChI=1S/C25H22F3NO2/c26-25(27,28)22-13-18(8-10-19(22)16-4-2-1-3-5-16)24-21-11-7-17-12-15(14-30)6-9-20(17)23(21)29-31-24/h6,8-10,12-14,16H,1-5,7,11H2. The number of aldehydes is 1. The van der Waals surface area contributed by atoms with Gasteiger partial charge in [-0.3, -0.25) is 4.79 Å². The highest BCUT2D eigenvalue weighted by Crippen LogP contribution is 2.44. The van der Waals surface area contributed by atoms with E-state index in [0.29, 0.717) is 41.0 Å². The third-order valence-corrected chi connectivity index (χ3v) is 6.62. The first-order chi connectivity index (χ1) is 15.0. The molecule has 0 bridgehead atoms. The first-order valence-corrected chi connectivity index (χ1v) is 10.7. The number of aromatic nitrogens is 1. The second kappa shape index (κ2) is 7.66. The Bertz CT molecular complexity index is 1140. The Morgan fingerprint density at radius 3 is 2.55 bits per heavy atom. The smallest absolute Gasteiger partial charge is 0.355 e. The monoisotopic (exact) mass is 425 g/mol. The molecule has 1 heterocycles.